The molecule has 1 aliphatic rings. The molecule has 0 unspecified atom stereocenters. The number of amides is 2. The fourth-order valence-corrected chi connectivity index (χ4v) is 3.86. The summed E-state index contributed by atoms with van der Waals surface area (Å²) in [5, 5.41) is 4.90. The zero-order valence-electron chi connectivity index (χ0n) is 16.7. The summed E-state index contributed by atoms with van der Waals surface area (Å²) in [4.78, 5) is 27.4. The van der Waals surface area contributed by atoms with Gasteiger partial charge in [0.1, 0.15) is 17.3 Å². The molecular weight excluding hydrogens is 410 g/mol. The average molecular weight is 426 g/mol. The predicted molar refractivity (Wildman–Crippen MR) is 120 cm³/mol. The van der Waals surface area contributed by atoms with Gasteiger partial charge in [0.05, 0.1) is 11.3 Å². The van der Waals surface area contributed by atoms with Crippen LogP contribution in [0.3, 0.4) is 0 Å². The van der Waals surface area contributed by atoms with Crippen LogP contribution in [-0.2, 0) is 9.59 Å². The average Bonchev–Trinajstić information content (AvgIpc) is 3.05. The number of nitrogens with one attached hydrogen (secondary N) is 1. The highest BCUT2D eigenvalue weighted by Gasteiger charge is 2.41. The van der Waals surface area contributed by atoms with Crippen LogP contribution in [0.15, 0.2) is 96.7 Å². The molecule has 4 nitrogen and oxygen atoms in total. The van der Waals surface area contributed by atoms with Crippen LogP contribution in [0.25, 0.3) is 16.3 Å². The van der Waals surface area contributed by atoms with Crippen molar-refractivity contribution in [1.29, 1.82) is 0 Å². The molecule has 32 heavy (non-hydrogen) atoms. The van der Waals surface area contributed by atoms with E-state index in [1.54, 1.807) is 36.4 Å². The highest BCUT2D eigenvalue weighted by molar-refractivity contribution is 6.46. The Morgan fingerprint density at radius 3 is 2.25 bits per heavy atom. The third kappa shape index (κ3) is 3.22. The van der Waals surface area contributed by atoms with E-state index in [0.29, 0.717) is 16.2 Å². The maximum Gasteiger partial charge on any atom is 0.282 e. The number of hydrogen-bond donors (Lipinski definition) is 1. The lowest BCUT2D eigenvalue weighted by atomic mass is 10.0. The number of carbonyl (C=O) groups excluding carboxylic acids is 2. The molecule has 1 heterocycles. The predicted octanol–water partition coefficient (Wildman–Crippen LogP) is 5.51. The van der Waals surface area contributed by atoms with E-state index in [0.717, 1.165) is 29.0 Å². The van der Waals surface area contributed by atoms with Crippen molar-refractivity contribution in [2.24, 2.45) is 0 Å². The first-order chi connectivity index (χ1) is 15.5. The quantitative estimate of drug-likeness (QED) is 0.438. The Balaban J connectivity index is 1.68. The van der Waals surface area contributed by atoms with Gasteiger partial charge in [0.15, 0.2) is 0 Å². The van der Waals surface area contributed by atoms with Crippen LogP contribution in [-0.4, -0.2) is 11.8 Å². The minimum Gasteiger partial charge on any atom is -0.350 e. The van der Waals surface area contributed by atoms with Crippen LogP contribution in [0.2, 0.25) is 0 Å². The Hall–Kier alpha value is -4.32. The molecule has 1 aliphatic heterocycles. The maximum atomic E-state index is 14.5. The van der Waals surface area contributed by atoms with E-state index in [-0.39, 0.29) is 11.3 Å². The SMILES string of the molecule is O=C1C(Nc2cccc3ccccc23)=C(c2ccccc2)C(=O)N1c1cc(F)ccc1F. The summed E-state index contributed by atoms with van der Waals surface area (Å²) in [5.74, 6) is -3.11. The first kappa shape index (κ1) is 19.6. The topological polar surface area (TPSA) is 49.4 Å². The molecule has 0 atom stereocenters. The summed E-state index contributed by atoms with van der Waals surface area (Å²) in [6.07, 6.45) is 0. The van der Waals surface area contributed by atoms with E-state index in [2.05, 4.69) is 5.32 Å². The highest BCUT2D eigenvalue weighted by atomic mass is 19.1. The lowest BCUT2D eigenvalue weighted by molar-refractivity contribution is -0.120. The van der Waals surface area contributed by atoms with Crippen molar-refractivity contribution in [3.63, 3.8) is 0 Å². The number of benzene rings is 4. The van der Waals surface area contributed by atoms with Crippen molar-refractivity contribution >= 4 is 39.5 Å². The largest absolute Gasteiger partial charge is 0.350 e. The molecule has 0 aromatic heterocycles. The first-order valence-electron chi connectivity index (χ1n) is 9.93. The van der Waals surface area contributed by atoms with Gasteiger partial charge in [-0.15, -0.1) is 0 Å². The van der Waals surface area contributed by atoms with Gasteiger partial charge in [-0.1, -0.05) is 66.7 Å². The van der Waals surface area contributed by atoms with Gasteiger partial charge >= 0.3 is 0 Å². The standard InChI is InChI=1S/C26H16F2N2O2/c27-18-13-14-20(28)22(15-18)30-25(31)23(17-8-2-1-3-9-17)24(26(30)32)29-21-12-6-10-16-7-4-5-11-19(16)21/h1-15,29H. The maximum absolute atomic E-state index is 14.5. The van der Waals surface area contributed by atoms with Gasteiger partial charge in [0.2, 0.25) is 0 Å². The number of imide groups is 1. The Morgan fingerprint density at radius 1 is 0.719 bits per heavy atom. The summed E-state index contributed by atoms with van der Waals surface area (Å²) in [6, 6.07) is 24.5. The second kappa shape index (κ2) is 7.74. The van der Waals surface area contributed by atoms with Gasteiger partial charge < -0.3 is 5.32 Å². The smallest absolute Gasteiger partial charge is 0.282 e. The second-order valence-corrected chi connectivity index (χ2v) is 7.31. The fraction of sp³-hybridized carbons (Fsp3) is 0. The van der Waals surface area contributed by atoms with Gasteiger partial charge in [-0.2, -0.15) is 0 Å². The normalized spacial score (nSPS) is 13.9. The van der Waals surface area contributed by atoms with Crippen molar-refractivity contribution in [1.82, 2.24) is 0 Å². The fourth-order valence-electron chi connectivity index (χ4n) is 3.86. The number of fused-ring (bicyclic) bond motifs is 1. The van der Waals surface area contributed by atoms with Crippen LogP contribution in [0.4, 0.5) is 20.2 Å². The molecule has 0 fully saturated rings. The Bertz CT molecular complexity index is 1410. The van der Waals surface area contributed by atoms with Crippen molar-refractivity contribution < 1.29 is 18.4 Å². The van der Waals surface area contributed by atoms with Gasteiger partial charge in [-0.25, -0.2) is 13.7 Å². The second-order valence-electron chi connectivity index (χ2n) is 7.31. The van der Waals surface area contributed by atoms with Crippen molar-refractivity contribution in [2.45, 2.75) is 0 Å². The summed E-state index contributed by atoms with van der Waals surface area (Å²) in [7, 11) is 0. The molecule has 4 aromatic rings. The van der Waals surface area contributed by atoms with Crippen molar-refractivity contribution in [3.8, 4) is 0 Å². The highest BCUT2D eigenvalue weighted by Crippen LogP contribution is 2.36. The Morgan fingerprint density at radius 2 is 1.44 bits per heavy atom. The van der Waals surface area contributed by atoms with E-state index in [4.69, 9.17) is 0 Å². The molecule has 0 saturated carbocycles. The van der Waals surface area contributed by atoms with E-state index in [9.17, 15) is 18.4 Å². The van der Waals surface area contributed by atoms with Gasteiger partial charge in [0, 0.05) is 17.1 Å². The summed E-state index contributed by atoms with van der Waals surface area (Å²) in [6.45, 7) is 0. The number of rotatable bonds is 4. The third-order valence-electron chi connectivity index (χ3n) is 5.34. The Labute approximate surface area is 182 Å². The molecule has 4 aromatic carbocycles. The number of anilines is 2. The monoisotopic (exact) mass is 426 g/mol. The lowest BCUT2D eigenvalue weighted by Gasteiger charge is -2.16. The lowest BCUT2D eigenvalue weighted by Crippen LogP contribution is -2.33. The van der Waals surface area contributed by atoms with Gasteiger partial charge in [0.25, 0.3) is 11.8 Å². The van der Waals surface area contributed by atoms with Crippen LogP contribution in [0.5, 0.6) is 0 Å². The summed E-state index contributed by atoms with van der Waals surface area (Å²) >= 11 is 0. The molecule has 0 radical (unpaired) electrons. The van der Waals surface area contributed by atoms with Gasteiger partial charge in [-0.05, 0) is 29.1 Å². The van der Waals surface area contributed by atoms with Crippen LogP contribution in [0, 0.1) is 11.6 Å². The molecule has 0 spiro atoms. The van der Waals surface area contributed by atoms with Crippen molar-refractivity contribution in [3.05, 3.63) is 114 Å². The van der Waals surface area contributed by atoms with Crippen LogP contribution < -0.4 is 10.2 Å². The minimum absolute atomic E-state index is 0.00112. The number of halogens is 2. The number of carbonyl (C=O) groups is 2. The third-order valence-corrected chi connectivity index (χ3v) is 5.34. The van der Waals surface area contributed by atoms with Crippen LogP contribution in [0.1, 0.15) is 5.56 Å². The summed E-state index contributed by atoms with van der Waals surface area (Å²) in [5.41, 5.74) is 0.777. The number of hydrogen-bond acceptors (Lipinski definition) is 3. The first-order valence-corrected chi connectivity index (χ1v) is 9.93. The molecular formula is C26H16F2N2O2. The zero-order valence-corrected chi connectivity index (χ0v) is 16.7. The molecule has 156 valence electrons. The molecule has 1 N–H and O–H groups in total. The van der Waals surface area contributed by atoms with E-state index >= 15 is 0 Å². The molecule has 5 rings (SSSR count). The van der Waals surface area contributed by atoms with Crippen molar-refractivity contribution in [2.75, 3.05) is 10.2 Å². The molecule has 6 heteroatoms. The van der Waals surface area contributed by atoms with E-state index in [1.807, 2.05) is 36.4 Å². The Kier molecular flexibility index (Phi) is 4.75. The van der Waals surface area contributed by atoms with E-state index in [1.165, 1.54) is 0 Å². The zero-order chi connectivity index (χ0) is 22.2. The number of nitrogens with zero attached hydrogens (tertiary/aromatic N) is 1. The minimum atomic E-state index is -0.869. The van der Waals surface area contributed by atoms with Crippen LogP contribution >= 0.6 is 0 Å². The molecule has 2 amide bonds. The molecule has 0 aliphatic carbocycles. The van der Waals surface area contributed by atoms with E-state index < -0.39 is 29.1 Å². The molecule has 0 saturated heterocycles. The summed E-state index contributed by atoms with van der Waals surface area (Å²) < 4.78 is 28.4. The molecule has 0 bridgehead atoms. The van der Waals surface area contributed by atoms with Gasteiger partial charge in [-0.3, -0.25) is 9.59 Å².